The van der Waals surface area contributed by atoms with E-state index in [2.05, 4.69) is 25.0 Å². The summed E-state index contributed by atoms with van der Waals surface area (Å²) in [7, 11) is 1.40. The van der Waals surface area contributed by atoms with Crippen LogP contribution in [0.15, 0.2) is 53.7 Å². The van der Waals surface area contributed by atoms with Crippen LogP contribution in [0.25, 0.3) is 11.0 Å². The highest BCUT2D eigenvalue weighted by atomic mass is 32.2. The first-order valence-electron chi connectivity index (χ1n) is 10.8. The van der Waals surface area contributed by atoms with Gasteiger partial charge in [-0.3, -0.25) is 4.72 Å². The third-order valence-electron chi connectivity index (χ3n) is 5.13. The molecule has 0 aliphatic rings. The summed E-state index contributed by atoms with van der Waals surface area (Å²) in [5.74, 6) is 0.721. The predicted molar refractivity (Wildman–Crippen MR) is 133 cm³/mol. The summed E-state index contributed by atoms with van der Waals surface area (Å²) < 4.78 is 30.6. The van der Waals surface area contributed by atoms with E-state index in [9.17, 15) is 18.6 Å². The number of sulfonamides is 1. The van der Waals surface area contributed by atoms with Crippen molar-refractivity contribution in [2.24, 2.45) is 7.05 Å². The van der Waals surface area contributed by atoms with Gasteiger partial charge in [-0.25, -0.2) is 15.0 Å². The number of nitrogens with zero attached hydrogens (tertiary/aromatic N) is 5. The summed E-state index contributed by atoms with van der Waals surface area (Å²) in [5.41, 5.74) is 2.22. The van der Waals surface area contributed by atoms with Crippen LogP contribution in [0, 0.1) is 0 Å². The van der Waals surface area contributed by atoms with Crippen molar-refractivity contribution in [1.29, 1.82) is 0 Å². The maximum Gasteiger partial charge on any atom is 0.282 e. The molecule has 4 rings (SSSR count). The van der Waals surface area contributed by atoms with Gasteiger partial charge in [-0.2, -0.15) is 8.42 Å². The van der Waals surface area contributed by atoms with Crippen molar-refractivity contribution >= 4 is 38.4 Å². The number of phenolic OH excluding ortho intramolecular Hbond substituents is 1. The molecule has 0 unspecified atom stereocenters. The number of phenols is 1. The average molecular weight is 498 g/mol. The van der Waals surface area contributed by atoms with Gasteiger partial charge in [-0.15, -0.1) is 0 Å². The lowest BCUT2D eigenvalue weighted by Gasteiger charge is -2.14. The second kappa shape index (κ2) is 9.86. The van der Waals surface area contributed by atoms with Gasteiger partial charge in [0, 0.05) is 31.6 Å². The van der Waals surface area contributed by atoms with E-state index in [0.717, 1.165) is 0 Å². The highest BCUT2D eigenvalue weighted by Gasteiger charge is 2.23. The van der Waals surface area contributed by atoms with Crippen molar-refractivity contribution in [2.45, 2.75) is 18.0 Å². The van der Waals surface area contributed by atoms with Gasteiger partial charge in [-0.05, 0) is 50.3 Å². The largest absolute Gasteiger partial charge is 0.508 e. The minimum atomic E-state index is -4.08. The lowest BCUT2D eigenvalue weighted by molar-refractivity contribution is 0.299. The minimum Gasteiger partial charge on any atom is -0.508 e. The molecule has 0 saturated carbocycles. The lowest BCUT2D eigenvalue weighted by atomic mass is 10.1. The number of benzene rings is 2. The Hall–Kier alpha value is -3.74. The number of aromatic hydroxyl groups is 1. The molecule has 0 fully saturated rings. The van der Waals surface area contributed by atoms with Crippen molar-refractivity contribution in [3.8, 4) is 5.75 Å². The third kappa shape index (κ3) is 5.67. The number of imidazole rings is 1. The van der Waals surface area contributed by atoms with E-state index in [4.69, 9.17) is 0 Å². The molecule has 0 aliphatic carbocycles. The molecule has 0 bridgehead atoms. The smallest absolute Gasteiger partial charge is 0.282 e. The van der Waals surface area contributed by atoms with Crippen molar-refractivity contribution in [3.63, 3.8) is 0 Å². The Morgan fingerprint density at radius 2 is 1.71 bits per heavy atom. The normalized spacial score (nSPS) is 11.8. The van der Waals surface area contributed by atoms with Gasteiger partial charge in [0.1, 0.15) is 11.6 Å². The Morgan fingerprint density at radius 1 is 1.03 bits per heavy atom. The average Bonchev–Trinajstić information content (AvgIpc) is 3.14. The van der Waals surface area contributed by atoms with E-state index in [0.29, 0.717) is 41.1 Å². The molecule has 0 spiro atoms. The summed E-state index contributed by atoms with van der Waals surface area (Å²) in [6.07, 6.45) is 1.79. The molecular formula is C23H27N7O4S. The zero-order valence-corrected chi connectivity index (χ0v) is 20.4. The van der Waals surface area contributed by atoms with E-state index < -0.39 is 10.0 Å². The van der Waals surface area contributed by atoms with Crippen LogP contribution in [0.2, 0.25) is 0 Å². The zero-order valence-electron chi connectivity index (χ0n) is 19.6. The summed E-state index contributed by atoms with van der Waals surface area (Å²) in [6, 6.07) is 11.8. The van der Waals surface area contributed by atoms with E-state index in [1.54, 1.807) is 48.0 Å². The molecule has 11 nitrogen and oxygen atoms in total. The molecule has 2 heterocycles. The highest BCUT2D eigenvalue weighted by molar-refractivity contribution is 7.92. The third-order valence-corrected chi connectivity index (χ3v) is 6.34. The van der Waals surface area contributed by atoms with Crippen LogP contribution in [0.5, 0.6) is 5.75 Å². The van der Waals surface area contributed by atoms with E-state index in [-0.39, 0.29) is 29.0 Å². The number of aromatic nitrogens is 4. The van der Waals surface area contributed by atoms with Crippen molar-refractivity contribution in [2.75, 3.05) is 30.7 Å². The predicted octanol–water partition coefficient (Wildman–Crippen LogP) is 2.21. The number of aliphatic hydroxyl groups is 1. The van der Waals surface area contributed by atoms with E-state index in [1.807, 2.05) is 19.0 Å². The molecule has 35 heavy (non-hydrogen) atoms. The maximum atomic E-state index is 13.2. The van der Waals surface area contributed by atoms with Crippen LogP contribution >= 0.6 is 0 Å². The summed E-state index contributed by atoms with van der Waals surface area (Å²) in [6.45, 7) is 0.395. The van der Waals surface area contributed by atoms with Gasteiger partial charge in [-0.1, -0.05) is 12.1 Å². The van der Waals surface area contributed by atoms with E-state index in [1.165, 1.54) is 12.3 Å². The Labute approximate surface area is 203 Å². The first kappa shape index (κ1) is 24.4. The fourth-order valence-corrected chi connectivity index (χ4v) is 4.55. The molecule has 12 heteroatoms. The number of hydrogen-bond acceptors (Lipinski definition) is 9. The van der Waals surface area contributed by atoms with Gasteiger partial charge in [0.05, 0.1) is 17.6 Å². The molecule has 0 amide bonds. The van der Waals surface area contributed by atoms with Crippen LogP contribution in [0.3, 0.4) is 0 Å². The van der Waals surface area contributed by atoms with Gasteiger partial charge >= 0.3 is 0 Å². The Balaban J connectivity index is 1.74. The number of rotatable bonds is 9. The number of aliphatic hydroxyl groups excluding tert-OH is 1. The zero-order chi connectivity index (χ0) is 25.2. The molecule has 0 aliphatic heterocycles. The van der Waals surface area contributed by atoms with Crippen LogP contribution < -0.4 is 10.0 Å². The fourth-order valence-electron chi connectivity index (χ4n) is 3.53. The second-order valence-corrected chi connectivity index (χ2v) is 9.98. The van der Waals surface area contributed by atoms with Crippen LogP contribution in [-0.2, 0) is 30.0 Å². The molecule has 2 aromatic carbocycles. The van der Waals surface area contributed by atoms with Crippen LogP contribution in [0.4, 0.5) is 17.3 Å². The standard InChI is InChI=1S/C23H27N7O4S/c1-29(2)13-20-27-21(14-30(20)3)35(33,34)28-23-22(25-18-6-4-5-7-19(18)26-23)24-16-10-15(8-9-31)11-17(32)12-16/h4-7,10-12,14,31-32H,8-9,13H2,1-3H3,(H,24,25)(H,26,28). The van der Waals surface area contributed by atoms with Crippen molar-refractivity contribution in [3.05, 3.63) is 60.0 Å². The molecule has 0 radical (unpaired) electrons. The van der Waals surface area contributed by atoms with Gasteiger partial charge in [0.2, 0.25) is 0 Å². The van der Waals surface area contributed by atoms with Crippen molar-refractivity contribution < 1.29 is 18.6 Å². The Kier molecular flexibility index (Phi) is 6.87. The second-order valence-electron chi connectivity index (χ2n) is 8.35. The Morgan fingerprint density at radius 3 is 2.37 bits per heavy atom. The van der Waals surface area contributed by atoms with Gasteiger partial charge in [0.25, 0.3) is 10.0 Å². The molecule has 4 N–H and O–H groups in total. The molecule has 0 atom stereocenters. The first-order valence-corrected chi connectivity index (χ1v) is 12.3. The van der Waals surface area contributed by atoms with E-state index >= 15 is 0 Å². The minimum absolute atomic E-state index is 0.00349. The monoisotopic (exact) mass is 497 g/mol. The molecular weight excluding hydrogens is 470 g/mol. The number of para-hydroxylation sites is 2. The first-order chi connectivity index (χ1) is 16.6. The number of aryl methyl sites for hydroxylation is 1. The summed E-state index contributed by atoms with van der Waals surface area (Å²) >= 11 is 0. The number of nitrogens with one attached hydrogen (secondary N) is 2. The number of fused-ring (bicyclic) bond motifs is 1. The SMILES string of the molecule is CN(C)Cc1nc(S(=O)(=O)Nc2nc3ccccc3nc2Nc2cc(O)cc(CCO)c2)cn1C. The summed E-state index contributed by atoms with van der Waals surface area (Å²) in [5, 5.41) is 22.2. The quantitative estimate of drug-likeness (QED) is 0.273. The number of anilines is 3. The molecule has 184 valence electrons. The van der Waals surface area contributed by atoms with Crippen LogP contribution in [0.1, 0.15) is 11.4 Å². The van der Waals surface area contributed by atoms with Crippen LogP contribution in [-0.4, -0.2) is 63.8 Å². The summed E-state index contributed by atoms with van der Waals surface area (Å²) in [4.78, 5) is 15.2. The van der Waals surface area contributed by atoms with Crippen molar-refractivity contribution in [1.82, 2.24) is 24.4 Å². The lowest BCUT2D eigenvalue weighted by Crippen LogP contribution is -2.17. The topological polar surface area (TPSA) is 146 Å². The van der Waals surface area contributed by atoms with Gasteiger partial charge < -0.3 is 25.0 Å². The highest BCUT2D eigenvalue weighted by Crippen LogP contribution is 2.29. The van der Waals surface area contributed by atoms with Gasteiger partial charge in [0.15, 0.2) is 16.7 Å². The fraction of sp³-hybridized carbons (Fsp3) is 0.261. The maximum absolute atomic E-state index is 13.2. The Bertz CT molecular complexity index is 1470. The molecule has 4 aromatic rings. The molecule has 2 aromatic heterocycles. The molecule has 0 saturated heterocycles. The number of hydrogen-bond donors (Lipinski definition) is 4.